The van der Waals surface area contributed by atoms with Crippen LogP contribution >= 0.6 is 11.3 Å². The van der Waals surface area contributed by atoms with E-state index in [0.717, 1.165) is 38.5 Å². The summed E-state index contributed by atoms with van der Waals surface area (Å²) in [6, 6.07) is 0. The first-order valence-electron chi connectivity index (χ1n) is 6.56. The summed E-state index contributed by atoms with van der Waals surface area (Å²) in [6.07, 6.45) is 0.310. The van der Waals surface area contributed by atoms with Gasteiger partial charge in [0.15, 0.2) is 0 Å². The van der Waals surface area contributed by atoms with E-state index in [1.54, 1.807) is 11.3 Å². The van der Waals surface area contributed by atoms with E-state index >= 15 is 0 Å². The number of likely N-dealkylation sites (N-methyl/N-ethyl adjacent to an activating group) is 1. The number of aromatic nitrogens is 1. The van der Waals surface area contributed by atoms with Crippen LogP contribution in [0.25, 0.3) is 0 Å². The smallest absolute Gasteiger partial charge is 0.107 e. The number of ether oxygens (including phenoxy) is 1. The van der Waals surface area contributed by atoms with Crippen molar-refractivity contribution in [1.82, 2.24) is 15.2 Å². The van der Waals surface area contributed by atoms with Crippen molar-refractivity contribution in [3.8, 4) is 0 Å². The quantitative estimate of drug-likeness (QED) is 0.746. The number of hydrogen-bond acceptors (Lipinski definition) is 5. The molecule has 0 spiro atoms. The van der Waals surface area contributed by atoms with Gasteiger partial charge in [-0.3, -0.25) is 4.90 Å². The molecule has 0 amide bonds. The zero-order valence-electron chi connectivity index (χ0n) is 11.9. The summed E-state index contributed by atoms with van der Waals surface area (Å²) in [6.45, 7) is 10.7. The largest absolute Gasteiger partial charge is 0.377 e. The van der Waals surface area contributed by atoms with Crippen molar-refractivity contribution in [3.63, 3.8) is 0 Å². The minimum atomic E-state index is 0.310. The molecule has 1 rings (SSSR count). The molecule has 1 aromatic rings. The molecule has 0 atom stereocenters. The molecule has 18 heavy (non-hydrogen) atoms. The third-order valence-corrected chi connectivity index (χ3v) is 3.38. The van der Waals surface area contributed by atoms with Crippen LogP contribution in [0.5, 0.6) is 0 Å². The Balaban J connectivity index is 2.26. The highest BCUT2D eigenvalue weighted by Gasteiger charge is 2.05. The second-order valence-electron chi connectivity index (χ2n) is 4.67. The molecule has 0 saturated carbocycles. The zero-order chi connectivity index (χ0) is 13.4. The average molecular weight is 271 g/mol. The first-order valence-corrected chi connectivity index (χ1v) is 7.44. The Morgan fingerprint density at radius 1 is 1.50 bits per heavy atom. The van der Waals surface area contributed by atoms with Gasteiger partial charge in [0.05, 0.1) is 18.4 Å². The van der Waals surface area contributed by atoms with Crippen LogP contribution in [0.3, 0.4) is 0 Å². The van der Waals surface area contributed by atoms with E-state index < -0.39 is 0 Å². The number of nitrogens with one attached hydrogen (secondary N) is 1. The molecule has 5 heteroatoms. The van der Waals surface area contributed by atoms with E-state index in [1.165, 1.54) is 5.01 Å². The summed E-state index contributed by atoms with van der Waals surface area (Å²) in [5, 5.41) is 6.60. The molecule has 0 unspecified atom stereocenters. The van der Waals surface area contributed by atoms with Gasteiger partial charge in [0.25, 0.3) is 0 Å². The summed E-state index contributed by atoms with van der Waals surface area (Å²) < 4.78 is 5.54. The lowest BCUT2D eigenvalue weighted by atomic mass is 10.4. The van der Waals surface area contributed by atoms with E-state index in [0.29, 0.717) is 6.10 Å². The highest BCUT2D eigenvalue weighted by Crippen LogP contribution is 2.11. The van der Waals surface area contributed by atoms with Crippen molar-refractivity contribution in [2.75, 3.05) is 26.7 Å². The molecule has 0 fully saturated rings. The van der Waals surface area contributed by atoms with Gasteiger partial charge in [-0.05, 0) is 27.4 Å². The van der Waals surface area contributed by atoms with E-state index in [-0.39, 0.29) is 0 Å². The van der Waals surface area contributed by atoms with Gasteiger partial charge in [-0.2, -0.15) is 0 Å². The summed E-state index contributed by atoms with van der Waals surface area (Å²) in [5.41, 5.74) is 1.15. The maximum Gasteiger partial charge on any atom is 0.107 e. The molecule has 0 aliphatic carbocycles. The summed E-state index contributed by atoms with van der Waals surface area (Å²) >= 11 is 1.73. The van der Waals surface area contributed by atoms with Crippen molar-refractivity contribution < 1.29 is 4.74 Å². The zero-order valence-corrected chi connectivity index (χ0v) is 12.7. The lowest BCUT2D eigenvalue weighted by Gasteiger charge is -2.16. The molecule has 0 bridgehead atoms. The van der Waals surface area contributed by atoms with Crippen molar-refractivity contribution in [2.45, 2.75) is 40.0 Å². The minimum absolute atomic E-state index is 0.310. The van der Waals surface area contributed by atoms with Crippen LogP contribution in [0.1, 0.15) is 31.5 Å². The maximum atomic E-state index is 5.54. The van der Waals surface area contributed by atoms with Crippen LogP contribution < -0.4 is 5.32 Å². The second kappa shape index (κ2) is 8.58. The van der Waals surface area contributed by atoms with Crippen LogP contribution in [0, 0.1) is 0 Å². The lowest BCUT2D eigenvalue weighted by molar-refractivity contribution is 0.0625. The van der Waals surface area contributed by atoms with Crippen molar-refractivity contribution in [2.24, 2.45) is 0 Å². The predicted molar refractivity (Wildman–Crippen MR) is 76.9 cm³/mol. The van der Waals surface area contributed by atoms with Crippen LogP contribution in [0.15, 0.2) is 5.38 Å². The van der Waals surface area contributed by atoms with Gasteiger partial charge in [-0.1, -0.05) is 6.92 Å². The summed E-state index contributed by atoms with van der Waals surface area (Å²) in [4.78, 5) is 6.85. The molecule has 1 aromatic heterocycles. The summed E-state index contributed by atoms with van der Waals surface area (Å²) in [7, 11) is 2.10. The fraction of sp³-hybridized carbons (Fsp3) is 0.769. The van der Waals surface area contributed by atoms with E-state index in [9.17, 15) is 0 Å². The fourth-order valence-electron chi connectivity index (χ4n) is 1.53. The number of thiazole rings is 1. The Bertz CT molecular complexity index is 328. The Kier molecular flexibility index (Phi) is 7.42. The highest BCUT2D eigenvalue weighted by molar-refractivity contribution is 7.09. The lowest BCUT2D eigenvalue weighted by Crippen LogP contribution is -2.24. The molecule has 4 nitrogen and oxygen atoms in total. The second-order valence-corrected chi connectivity index (χ2v) is 5.61. The topological polar surface area (TPSA) is 37.4 Å². The Morgan fingerprint density at radius 2 is 2.28 bits per heavy atom. The van der Waals surface area contributed by atoms with Crippen molar-refractivity contribution in [3.05, 3.63) is 16.1 Å². The Hall–Kier alpha value is -0.490. The van der Waals surface area contributed by atoms with Gasteiger partial charge in [0.2, 0.25) is 0 Å². The van der Waals surface area contributed by atoms with Crippen LogP contribution in [0.2, 0.25) is 0 Å². The molecule has 0 aliphatic rings. The highest BCUT2D eigenvalue weighted by atomic mass is 32.1. The predicted octanol–water partition coefficient (Wildman–Crippen LogP) is 2.11. The van der Waals surface area contributed by atoms with Gasteiger partial charge < -0.3 is 10.1 Å². The molecule has 0 radical (unpaired) electrons. The third-order valence-electron chi connectivity index (χ3n) is 2.48. The van der Waals surface area contributed by atoms with E-state index in [2.05, 4.69) is 48.4 Å². The third kappa shape index (κ3) is 6.44. The SMILES string of the molecule is CCNCc1nc(CN(C)CCOC(C)C)cs1. The van der Waals surface area contributed by atoms with Gasteiger partial charge in [0.1, 0.15) is 5.01 Å². The number of nitrogens with zero attached hydrogens (tertiary/aromatic N) is 2. The molecule has 0 aliphatic heterocycles. The number of rotatable bonds is 9. The molecular formula is C13H25N3OS. The first-order chi connectivity index (χ1) is 8.61. The monoisotopic (exact) mass is 271 g/mol. The number of hydrogen-bond donors (Lipinski definition) is 1. The Labute approximate surface area is 114 Å². The minimum Gasteiger partial charge on any atom is -0.377 e. The molecule has 1 heterocycles. The van der Waals surface area contributed by atoms with Gasteiger partial charge in [-0.15, -0.1) is 11.3 Å². The van der Waals surface area contributed by atoms with Gasteiger partial charge in [-0.25, -0.2) is 4.98 Å². The van der Waals surface area contributed by atoms with Crippen molar-refractivity contribution in [1.29, 1.82) is 0 Å². The fourth-order valence-corrected chi connectivity index (χ4v) is 2.29. The summed E-state index contributed by atoms with van der Waals surface area (Å²) in [5.74, 6) is 0. The van der Waals surface area contributed by atoms with Crippen LogP contribution in [-0.4, -0.2) is 42.7 Å². The standard InChI is InChI=1S/C13H25N3OS/c1-5-14-8-13-15-12(10-18-13)9-16(4)6-7-17-11(2)3/h10-11,14H,5-9H2,1-4H3. The van der Waals surface area contributed by atoms with Crippen LogP contribution in [-0.2, 0) is 17.8 Å². The van der Waals surface area contributed by atoms with E-state index in [4.69, 9.17) is 4.74 Å². The first kappa shape index (κ1) is 15.6. The van der Waals surface area contributed by atoms with Gasteiger partial charge >= 0.3 is 0 Å². The van der Waals surface area contributed by atoms with Gasteiger partial charge in [0, 0.05) is 25.0 Å². The maximum absolute atomic E-state index is 5.54. The Morgan fingerprint density at radius 3 is 2.94 bits per heavy atom. The van der Waals surface area contributed by atoms with Crippen molar-refractivity contribution >= 4 is 11.3 Å². The molecule has 0 aromatic carbocycles. The average Bonchev–Trinajstić information content (AvgIpc) is 2.73. The molecular weight excluding hydrogens is 246 g/mol. The molecule has 104 valence electrons. The molecule has 1 N–H and O–H groups in total. The van der Waals surface area contributed by atoms with Crippen LogP contribution in [0.4, 0.5) is 0 Å². The normalized spacial score (nSPS) is 11.7. The molecule has 0 saturated heterocycles. The van der Waals surface area contributed by atoms with E-state index in [1.807, 2.05) is 0 Å².